The quantitative estimate of drug-likeness (QED) is 0.828. The summed E-state index contributed by atoms with van der Waals surface area (Å²) >= 11 is 2.82. The summed E-state index contributed by atoms with van der Waals surface area (Å²) < 4.78 is 0.792. The molecule has 1 heterocycles. The molecule has 1 aromatic heterocycles. The van der Waals surface area contributed by atoms with E-state index in [9.17, 15) is 4.79 Å². The number of thioether (sulfide) groups is 1. The number of nitrogens with two attached hydrogens (primary N) is 1. The Balaban J connectivity index is 1.74. The highest BCUT2D eigenvalue weighted by molar-refractivity contribution is 8.01. The van der Waals surface area contributed by atoms with Gasteiger partial charge in [-0.05, 0) is 19.1 Å². The Kier molecular flexibility index (Phi) is 4.75. The van der Waals surface area contributed by atoms with Crippen LogP contribution in [-0.4, -0.2) is 21.9 Å². The van der Waals surface area contributed by atoms with Crippen LogP contribution in [0.2, 0.25) is 0 Å². The molecule has 0 radical (unpaired) electrons. The standard InChI is InChI=1S/C12H14N4OS2/c1-8-2-4-9(5-3-8)14-10(17)6-7-18-12-16-15-11(13)19-12/h2-5H,6-7H2,1H3,(H2,13,15)(H,14,17). The van der Waals surface area contributed by atoms with E-state index >= 15 is 0 Å². The summed E-state index contributed by atoms with van der Waals surface area (Å²) in [6.07, 6.45) is 0.429. The van der Waals surface area contributed by atoms with Crippen LogP contribution in [0.3, 0.4) is 0 Å². The lowest BCUT2D eigenvalue weighted by Crippen LogP contribution is -2.12. The molecule has 0 atom stereocenters. The third kappa shape index (κ3) is 4.53. The van der Waals surface area contributed by atoms with Gasteiger partial charge in [0.2, 0.25) is 11.0 Å². The molecule has 5 nitrogen and oxygen atoms in total. The van der Waals surface area contributed by atoms with Crippen LogP contribution in [-0.2, 0) is 4.79 Å². The van der Waals surface area contributed by atoms with E-state index in [1.807, 2.05) is 31.2 Å². The van der Waals surface area contributed by atoms with Crippen molar-refractivity contribution in [1.82, 2.24) is 10.2 Å². The summed E-state index contributed by atoms with van der Waals surface area (Å²) in [5.74, 6) is 0.653. The fraction of sp³-hybridized carbons (Fsp3) is 0.250. The SMILES string of the molecule is Cc1ccc(NC(=O)CCSc2nnc(N)s2)cc1. The number of benzene rings is 1. The summed E-state index contributed by atoms with van der Waals surface area (Å²) in [5.41, 5.74) is 7.47. The highest BCUT2D eigenvalue weighted by Gasteiger charge is 2.05. The van der Waals surface area contributed by atoms with Gasteiger partial charge in [0.25, 0.3) is 0 Å². The third-order valence-electron chi connectivity index (χ3n) is 2.31. The molecular weight excluding hydrogens is 280 g/mol. The smallest absolute Gasteiger partial charge is 0.225 e. The number of hydrogen-bond donors (Lipinski definition) is 2. The first-order valence-electron chi connectivity index (χ1n) is 5.72. The zero-order valence-electron chi connectivity index (χ0n) is 10.4. The van der Waals surface area contributed by atoms with Crippen molar-refractivity contribution in [3.63, 3.8) is 0 Å². The van der Waals surface area contributed by atoms with Gasteiger partial charge in [0.1, 0.15) is 0 Å². The minimum atomic E-state index is -0.00570. The predicted octanol–water partition coefficient (Wildman–Crippen LogP) is 2.55. The average Bonchev–Trinajstić information content (AvgIpc) is 2.78. The zero-order chi connectivity index (χ0) is 13.7. The van der Waals surface area contributed by atoms with Gasteiger partial charge in [0.05, 0.1) is 0 Å². The lowest BCUT2D eigenvalue weighted by Gasteiger charge is -2.04. The molecule has 100 valence electrons. The van der Waals surface area contributed by atoms with Gasteiger partial charge in [-0.15, -0.1) is 10.2 Å². The number of carbonyl (C=O) groups excluding carboxylic acids is 1. The molecule has 0 aliphatic heterocycles. The molecule has 19 heavy (non-hydrogen) atoms. The first-order chi connectivity index (χ1) is 9.13. The van der Waals surface area contributed by atoms with Gasteiger partial charge >= 0.3 is 0 Å². The monoisotopic (exact) mass is 294 g/mol. The number of aromatic nitrogens is 2. The summed E-state index contributed by atoms with van der Waals surface area (Å²) in [5, 5.41) is 10.9. The van der Waals surface area contributed by atoms with E-state index in [4.69, 9.17) is 5.73 Å². The first kappa shape index (κ1) is 13.8. The Morgan fingerprint density at radius 2 is 2.11 bits per heavy atom. The minimum Gasteiger partial charge on any atom is -0.374 e. The lowest BCUT2D eigenvalue weighted by molar-refractivity contribution is -0.115. The van der Waals surface area contributed by atoms with Gasteiger partial charge in [-0.2, -0.15) is 0 Å². The summed E-state index contributed by atoms with van der Waals surface area (Å²) in [6, 6.07) is 7.72. The number of nitrogens with one attached hydrogen (secondary N) is 1. The van der Waals surface area contributed by atoms with E-state index in [0.29, 0.717) is 17.3 Å². The summed E-state index contributed by atoms with van der Waals surface area (Å²) in [6.45, 7) is 2.01. The van der Waals surface area contributed by atoms with Gasteiger partial charge in [-0.3, -0.25) is 4.79 Å². The largest absolute Gasteiger partial charge is 0.374 e. The second kappa shape index (κ2) is 6.53. The highest BCUT2D eigenvalue weighted by Crippen LogP contribution is 2.24. The molecule has 0 aliphatic carbocycles. The van der Waals surface area contributed by atoms with Crippen molar-refractivity contribution < 1.29 is 4.79 Å². The molecule has 0 fully saturated rings. The van der Waals surface area contributed by atoms with E-state index < -0.39 is 0 Å². The van der Waals surface area contributed by atoms with Crippen molar-refractivity contribution in [2.45, 2.75) is 17.7 Å². The molecule has 2 rings (SSSR count). The van der Waals surface area contributed by atoms with Crippen molar-refractivity contribution in [2.24, 2.45) is 0 Å². The van der Waals surface area contributed by atoms with Crippen LogP contribution < -0.4 is 11.1 Å². The number of carbonyl (C=O) groups is 1. The van der Waals surface area contributed by atoms with Crippen LogP contribution >= 0.6 is 23.1 Å². The van der Waals surface area contributed by atoms with E-state index in [0.717, 1.165) is 10.0 Å². The maximum absolute atomic E-state index is 11.7. The molecule has 3 N–H and O–H groups in total. The van der Waals surface area contributed by atoms with E-state index in [1.54, 1.807) is 0 Å². The molecule has 0 unspecified atom stereocenters. The van der Waals surface area contributed by atoms with Crippen LogP contribution in [0.15, 0.2) is 28.6 Å². The van der Waals surface area contributed by atoms with Crippen LogP contribution in [0.5, 0.6) is 0 Å². The highest BCUT2D eigenvalue weighted by atomic mass is 32.2. The van der Waals surface area contributed by atoms with Crippen LogP contribution in [0.25, 0.3) is 0 Å². The van der Waals surface area contributed by atoms with Crippen molar-refractivity contribution in [2.75, 3.05) is 16.8 Å². The number of amides is 1. The Bertz CT molecular complexity index is 553. The molecule has 0 spiro atoms. The molecule has 0 bridgehead atoms. The topological polar surface area (TPSA) is 80.9 Å². The fourth-order valence-corrected chi connectivity index (χ4v) is 3.01. The van der Waals surface area contributed by atoms with E-state index in [-0.39, 0.29) is 5.91 Å². The van der Waals surface area contributed by atoms with Crippen molar-refractivity contribution in [1.29, 1.82) is 0 Å². The predicted molar refractivity (Wildman–Crippen MR) is 79.5 cm³/mol. The third-order valence-corrected chi connectivity index (χ3v) is 4.20. The number of anilines is 2. The van der Waals surface area contributed by atoms with Gasteiger partial charge < -0.3 is 11.1 Å². The van der Waals surface area contributed by atoms with Crippen LogP contribution in [0.4, 0.5) is 10.8 Å². The van der Waals surface area contributed by atoms with Gasteiger partial charge in [-0.1, -0.05) is 40.8 Å². The van der Waals surface area contributed by atoms with Crippen molar-refractivity contribution in [3.05, 3.63) is 29.8 Å². The summed E-state index contributed by atoms with van der Waals surface area (Å²) in [4.78, 5) is 11.7. The summed E-state index contributed by atoms with van der Waals surface area (Å²) in [7, 11) is 0. The second-order valence-electron chi connectivity index (χ2n) is 3.92. The first-order valence-corrected chi connectivity index (χ1v) is 7.52. The van der Waals surface area contributed by atoms with Crippen molar-refractivity contribution in [3.8, 4) is 0 Å². The minimum absolute atomic E-state index is 0.00570. The Morgan fingerprint density at radius 1 is 1.37 bits per heavy atom. The second-order valence-corrected chi connectivity index (χ2v) is 6.27. The molecule has 1 aromatic carbocycles. The number of nitrogen functional groups attached to an aromatic ring is 1. The van der Waals surface area contributed by atoms with Gasteiger partial charge in [0, 0.05) is 17.9 Å². The number of nitrogens with zero attached hydrogens (tertiary/aromatic N) is 2. The Labute approximate surface area is 119 Å². The molecule has 0 saturated heterocycles. The Hall–Kier alpha value is -1.60. The normalized spacial score (nSPS) is 10.4. The number of rotatable bonds is 5. The fourth-order valence-electron chi connectivity index (χ4n) is 1.37. The van der Waals surface area contributed by atoms with Crippen molar-refractivity contribution >= 4 is 39.8 Å². The molecule has 7 heteroatoms. The molecular formula is C12H14N4OS2. The van der Waals surface area contributed by atoms with Gasteiger partial charge in [0.15, 0.2) is 4.34 Å². The maximum Gasteiger partial charge on any atom is 0.225 e. The van der Waals surface area contributed by atoms with Gasteiger partial charge in [-0.25, -0.2) is 0 Å². The van der Waals surface area contributed by atoms with E-state index in [2.05, 4.69) is 15.5 Å². The van der Waals surface area contributed by atoms with Crippen LogP contribution in [0, 0.1) is 6.92 Å². The number of hydrogen-bond acceptors (Lipinski definition) is 6. The molecule has 2 aromatic rings. The molecule has 0 aliphatic rings. The average molecular weight is 294 g/mol. The van der Waals surface area contributed by atoms with Crippen LogP contribution in [0.1, 0.15) is 12.0 Å². The lowest BCUT2D eigenvalue weighted by atomic mass is 10.2. The Morgan fingerprint density at radius 3 is 2.74 bits per heavy atom. The van der Waals surface area contributed by atoms with E-state index in [1.165, 1.54) is 28.7 Å². The number of aryl methyl sites for hydroxylation is 1. The maximum atomic E-state index is 11.7. The molecule has 1 amide bonds. The molecule has 0 saturated carbocycles. The zero-order valence-corrected chi connectivity index (χ0v) is 12.1.